The van der Waals surface area contributed by atoms with E-state index in [2.05, 4.69) is 313 Å². The number of hydrogen-bond donors (Lipinski definition) is 0. The van der Waals surface area contributed by atoms with Gasteiger partial charge in [0.15, 0.2) is 0 Å². The lowest BCUT2D eigenvalue weighted by Crippen LogP contribution is -2.21. The molecule has 0 N–H and O–H groups in total. The third-order valence-electron chi connectivity index (χ3n) is 17.3. The van der Waals surface area contributed by atoms with Crippen LogP contribution in [0.25, 0.3) is 32.3 Å². The van der Waals surface area contributed by atoms with Crippen LogP contribution in [-0.4, -0.2) is 0 Å². The monoisotopic (exact) mass is 1070 g/mol. The maximum Gasteiger partial charge on any atom is 0.0543 e. The topological polar surface area (TPSA) is 6.48 Å². The van der Waals surface area contributed by atoms with Crippen molar-refractivity contribution in [1.82, 2.24) is 0 Å². The maximum absolute atomic E-state index is 2.67. The second kappa shape index (κ2) is 20.1. The van der Waals surface area contributed by atoms with Gasteiger partial charge >= 0.3 is 0 Å². The molecule has 0 aliphatic carbocycles. The minimum Gasteiger partial charge on any atom is -0.310 e. The van der Waals surface area contributed by atoms with Gasteiger partial charge in [0.2, 0.25) is 0 Å². The Balaban J connectivity index is 1.63. The smallest absolute Gasteiger partial charge is 0.0543 e. The van der Waals surface area contributed by atoms with E-state index in [9.17, 15) is 0 Å². The van der Waals surface area contributed by atoms with Crippen LogP contribution >= 0.6 is 0 Å². The third-order valence-corrected chi connectivity index (χ3v) is 17.3. The van der Waals surface area contributed by atoms with E-state index in [4.69, 9.17) is 0 Å². The van der Waals surface area contributed by atoms with E-state index >= 15 is 0 Å². The zero-order valence-electron chi connectivity index (χ0n) is 55.4. The van der Waals surface area contributed by atoms with Gasteiger partial charge in [-0.1, -0.05) is 242 Å². The molecule has 0 radical (unpaired) electrons. The van der Waals surface area contributed by atoms with E-state index < -0.39 is 0 Å². The largest absolute Gasteiger partial charge is 0.310 e. The van der Waals surface area contributed by atoms with Crippen LogP contribution < -0.4 is 9.80 Å². The molecule has 2 nitrogen and oxygen atoms in total. The number of hydrogen-bond acceptors (Lipinski definition) is 2. The van der Waals surface area contributed by atoms with Gasteiger partial charge < -0.3 is 9.80 Å². The Morgan fingerprint density at radius 1 is 0.237 bits per heavy atom. The van der Waals surface area contributed by atoms with Crippen molar-refractivity contribution >= 4 is 66.4 Å². The van der Waals surface area contributed by atoms with Crippen molar-refractivity contribution in [3.05, 3.63) is 165 Å². The van der Waals surface area contributed by atoms with Gasteiger partial charge in [0, 0.05) is 33.5 Å². The average molecular weight is 1070 g/mol. The van der Waals surface area contributed by atoms with Crippen molar-refractivity contribution in [3.8, 4) is 0 Å². The van der Waals surface area contributed by atoms with Gasteiger partial charge in [0.05, 0.1) is 11.4 Å². The molecule has 80 heavy (non-hydrogen) atoms. The number of rotatable bonds is 8. The molecule has 0 atom stereocenters. The summed E-state index contributed by atoms with van der Waals surface area (Å²) >= 11 is 0. The van der Waals surface area contributed by atoms with Crippen molar-refractivity contribution in [1.29, 1.82) is 0 Å². The van der Waals surface area contributed by atoms with Gasteiger partial charge in [0.1, 0.15) is 0 Å². The molecule has 0 aliphatic rings. The summed E-state index contributed by atoms with van der Waals surface area (Å²) in [5.41, 5.74) is 20.1. The van der Waals surface area contributed by atoms with Crippen LogP contribution in [0.3, 0.4) is 0 Å². The zero-order chi connectivity index (χ0) is 59.7. The van der Waals surface area contributed by atoms with E-state index in [1.165, 1.54) is 122 Å². The maximum atomic E-state index is 2.67. The van der Waals surface area contributed by atoms with E-state index in [0.29, 0.717) is 0 Å². The van der Waals surface area contributed by atoms with Crippen molar-refractivity contribution in [2.75, 3.05) is 9.80 Å². The first kappa shape index (κ1) is 60.5. The highest BCUT2D eigenvalue weighted by molar-refractivity contribution is 6.29. The predicted octanol–water partition coefficient (Wildman–Crippen LogP) is 24.2. The summed E-state index contributed by atoms with van der Waals surface area (Å²) in [5.74, 6) is 0.509. The van der Waals surface area contributed by atoms with Gasteiger partial charge in [-0.15, -0.1) is 0 Å². The number of nitrogens with zero attached hydrogens (tertiary/aromatic N) is 2. The first-order valence-corrected chi connectivity index (χ1v) is 30.4. The van der Waals surface area contributed by atoms with Gasteiger partial charge in [-0.05, 0) is 193 Å². The molecule has 8 rings (SSSR count). The van der Waals surface area contributed by atoms with E-state index in [1.807, 2.05) is 0 Å². The predicted molar refractivity (Wildman–Crippen MR) is 357 cm³/mol. The van der Waals surface area contributed by atoms with Crippen LogP contribution in [0.1, 0.15) is 261 Å². The molecule has 426 valence electrons. The van der Waals surface area contributed by atoms with Gasteiger partial charge in [-0.2, -0.15) is 0 Å². The summed E-state index contributed by atoms with van der Waals surface area (Å²) in [6, 6.07) is 45.0. The first-order chi connectivity index (χ1) is 36.3. The van der Waals surface area contributed by atoms with Crippen LogP contribution in [0.2, 0.25) is 0 Å². The highest BCUT2D eigenvalue weighted by atomic mass is 15.2. The molecule has 0 aliphatic heterocycles. The molecule has 0 unspecified atom stereocenters. The number of anilines is 6. The van der Waals surface area contributed by atoms with Gasteiger partial charge in [0.25, 0.3) is 0 Å². The molecular formula is C78H104N2. The first-order valence-electron chi connectivity index (χ1n) is 30.4. The normalized spacial score (nSPS) is 13.7. The zero-order valence-corrected chi connectivity index (χ0v) is 55.4. The highest BCUT2D eigenvalue weighted by Crippen LogP contribution is 2.53. The molecule has 8 aromatic rings. The number of benzene rings is 8. The van der Waals surface area contributed by atoms with Crippen LogP contribution in [0.4, 0.5) is 34.1 Å². The second-order valence-electron chi connectivity index (χ2n) is 33.1. The molecule has 0 saturated heterocycles. The Hall–Kier alpha value is -5.60. The molecule has 0 spiro atoms. The highest BCUT2D eigenvalue weighted by Gasteiger charge is 2.33. The van der Waals surface area contributed by atoms with Crippen LogP contribution in [0, 0.1) is 0 Å². The summed E-state index contributed by atoms with van der Waals surface area (Å²) < 4.78 is 0. The molecule has 0 fully saturated rings. The Kier molecular flexibility index (Phi) is 15.2. The fourth-order valence-corrected chi connectivity index (χ4v) is 11.6. The quantitative estimate of drug-likeness (QED) is 0.140. The van der Waals surface area contributed by atoms with E-state index in [1.54, 1.807) is 0 Å². The molecular weight excluding hydrogens is 965 g/mol. The summed E-state index contributed by atoms with van der Waals surface area (Å²) in [6.07, 6.45) is 0. The summed E-state index contributed by atoms with van der Waals surface area (Å²) in [6.45, 7) is 66.4. The van der Waals surface area contributed by atoms with Crippen molar-refractivity contribution < 1.29 is 0 Å². The summed E-state index contributed by atoms with van der Waals surface area (Å²) in [7, 11) is 0. The Morgan fingerprint density at radius 2 is 0.412 bits per heavy atom. The van der Waals surface area contributed by atoms with Crippen LogP contribution in [-0.2, 0) is 43.3 Å². The van der Waals surface area contributed by atoms with Crippen LogP contribution in [0.5, 0.6) is 0 Å². The van der Waals surface area contributed by atoms with Gasteiger partial charge in [-0.25, -0.2) is 0 Å². The molecule has 8 aromatic carbocycles. The molecule has 0 aromatic heterocycles. The minimum atomic E-state index is -0.0765. The summed E-state index contributed by atoms with van der Waals surface area (Å²) in [5, 5.41) is 7.90. The lowest BCUT2D eigenvalue weighted by atomic mass is 9.79. The fraction of sp³-hybridized carbons (Fsp3) is 0.487. The fourth-order valence-electron chi connectivity index (χ4n) is 11.6. The Morgan fingerprint density at radius 3 is 0.575 bits per heavy atom. The van der Waals surface area contributed by atoms with Crippen molar-refractivity contribution in [2.45, 2.75) is 249 Å². The Bertz CT molecular complexity index is 3090. The van der Waals surface area contributed by atoms with Crippen molar-refractivity contribution in [3.63, 3.8) is 0 Å². The van der Waals surface area contributed by atoms with E-state index in [0.717, 1.165) is 0 Å². The lowest BCUT2D eigenvalue weighted by molar-refractivity contribution is 0.567. The third kappa shape index (κ3) is 11.9. The average Bonchev–Trinajstić information content (AvgIpc) is 3.32. The minimum absolute atomic E-state index is 0.0765. The summed E-state index contributed by atoms with van der Waals surface area (Å²) in [4.78, 5) is 5.34. The van der Waals surface area contributed by atoms with Crippen molar-refractivity contribution in [2.24, 2.45) is 0 Å². The van der Waals surface area contributed by atoms with Gasteiger partial charge in [-0.3, -0.25) is 0 Å². The molecule has 0 saturated carbocycles. The Labute approximate surface area is 487 Å². The molecule has 0 bridgehead atoms. The lowest BCUT2D eigenvalue weighted by Gasteiger charge is -2.36. The molecule has 0 heterocycles. The van der Waals surface area contributed by atoms with E-state index in [-0.39, 0.29) is 55.2 Å². The standard InChI is InChI=1S/C78H104N2/c1-47(2)65-45-67(79(57-37-49(71(5,6)7)33-50(38-57)72(8,9)10)58-39-51(73(11,12)13)34-52(40-58)74(14,15)16)63-32-30-62-66(48(3)4)46-68(64-31-29-61(65)69(63)70(62)64)80(59-41-53(75(17,18)19)35-54(42-59)76(20,21)22)60-43-55(77(23,24)25)36-56(44-60)78(26,27)28/h29-48H,1-28H3. The molecule has 0 amide bonds. The second-order valence-corrected chi connectivity index (χ2v) is 33.1. The van der Waals surface area contributed by atoms with Crippen LogP contribution in [0.15, 0.2) is 109 Å². The molecule has 2 heteroatoms. The SMILES string of the molecule is CC(C)c1cc(N(c2cc(C(C)(C)C)cc(C(C)(C)C)c2)c2cc(C(C)(C)C)cc(C(C)(C)C)c2)c2ccc3c(C(C)C)cc(N(c4cc(C(C)(C)C)cc(C(C)(C)C)c4)c4cc(C(C)(C)C)cc(C(C)(C)C)c4)c4ccc1c2c34.